The molecule has 0 atom stereocenters. The lowest BCUT2D eigenvalue weighted by Gasteiger charge is -2.06. The quantitative estimate of drug-likeness (QED) is 0.677. The zero-order chi connectivity index (χ0) is 17.6. The molecule has 0 spiro atoms. The molecule has 0 amide bonds. The van der Waals surface area contributed by atoms with Crippen LogP contribution in [0.2, 0.25) is 0 Å². The van der Waals surface area contributed by atoms with E-state index in [0.717, 1.165) is 17.0 Å². The van der Waals surface area contributed by atoms with Crippen LogP contribution in [0.5, 0.6) is 5.75 Å². The molecule has 0 bridgehead atoms. The molecular weight excluding hydrogens is 320 g/mol. The molecule has 3 aromatic rings. The van der Waals surface area contributed by atoms with Gasteiger partial charge in [-0.15, -0.1) is 0 Å². The Bertz CT molecular complexity index is 842. The lowest BCUT2D eigenvalue weighted by Crippen LogP contribution is -2.07. The molecule has 0 radical (unpaired) electrons. The third-order valence-electron chi connectivity index (χ3n) is 3.46. The standard InChI is InChI=1S/C19H18N2O4/c1-3-24-19(22)16-18(20-14-9-11-15(23-2)12-10-14)25-17(21-16)13-7-5-4-6-8-13/h4-12,20H,3H2,1-2H3. The van der Waals surface area contributed by atoms with Crippen molar-refractivity contribution in [2.45, 2.75) is 6.92 Å². The number of hydrogen-bond donors (Lipinski definition) is 1. The molecule has 1 N–H and O–H groups in total. The molecule has 0 aliphatic carbocycles. The van der Waals surface area contributed by atoms with E-state index >= 15 is 0 Å². The normalized spacial score (nSPS) is 10.3. The molecule has 3 rings (SSSR count). The Morgan fingerprint density at radius 2 is 1.84 bits per heavy atom. The Balaban J connectivity index is 1.94. The smallest absolute Gasteiger partial charge is 0.362 e. The largest absolute Gasteiger partial charge is 0.497 e. The average Bonchev–Trinajstić information content (AvgIpc) is 3.07. The van der Waals surface area contributed by atoms with Crippen molar-refractivity contribution >= 4 is 17.5 Å². The molecule has 0 aliphatic rings. The summed E-state index contributed by atoms with van der Waals surface area (Å²) >= 11 is 0. The molecule has 0 saturated carbocycles. The number of esters is 1. The minimum atomic E-state index is -0.538. The number of rotatable bonds is 6. The van der Waals surface area contributed by atoms with E-state index in [1.165, 1.54) is 0 Å². The molecule has 0 aliphatic heterocycles. The minimum absolute atomic E-state index is 0.108. The van der Waals surface area contributed by atoms with Gasteiger partial charge in [0, 0.05) is 11.3 Å². The Morgan fingerprint density at radius 3 is 2.48 bits per heavy atom. The molecule has 6 nitrogen and oxygen atoms in total. The van der Waals surface area contributed by atoms with E-state index in [1.54, 1.807) is 26.2 Å². The van der Waals surface area contributed by atoms with Crippen LogP contribution in [0.25, 0.3) is 11.5 Å². The molecule has 25 heavy (non-hydrogen) atoms. The van der Waals surface area contributed by atoms with Crippen molar-refractivity contribution in [3.8, 4) is 17.2 Å². The molecule has 128 valence electrons. The maximum Gasteiger partial charge on any atom is 0.362 e. The number of oxazole rings is 1. The maximum atomic E-state index is 12.2. The monoisotopic (exact) mass is 338 g/mol. The molecule has 0 unspecified atom stereocenters. The molecule has 2 aromatic carbocycles. The summed E-state index contributed by atoms with van der Waals surface area (Å²) in [5.74, 6) is 0.783. The summed E-state index contributed by atoms with van der Waals surface area (Å²) < 4.78 is 16.0. The summed E-state index contributed by atoms with van der Waals surface area (Å²) in [6, 6.07) is 16.6. The summed E-state index contributed by atoms with van der Waals surface area (Å²) in [6.45, 7) is 2.00. The van der Waals surface area contributed by atoms with Crippen LogP contribution in [0, 0.1) is 0 Å². The maximum absolute atomic E-state index is 12.2. The Hall–Kier alpha value is -3.28. The van der Waals surface area contributed by atoms with Crippen molar-refractivity contribution < 1.29 is 18.7 Å². The van der Waals surface area contributed by atoms with Gasteiger partial charge < -0.3 is 19.2 Å². The van der Waals surface area contributed by atoms with Crippen molar-refractivity contribution in [3.63, 3.8) is 0 Å². The summed E-state index contributed by atoms with van der Waals surface area (Å²) in [5, 5.41) is 3.07. The predicted octanol–water partition coefficient (Wildman–Crippen LogP) is 4.27. The second-order valence-corrected chi connectivity index (χ2v) is 5.14. The first-order chi connectivity index (χ1) is 12.2. The van der Waals surface area contributed by atoms with Crippen LogP contribution in [0.1, 0.15) is 17.4 Å². The fourth-order valence-corrected chi connectivity index (χ4v) is 2.25. The number of ether oxygens (including phenoxy) is 2. The van der Waals surface area contributed by atoms with E-state index in [0.29, 0.717) is 5.89 Å². The van der Waals surface area contributed by atoms with Gasteiger partial charge in [0.25, 0.3) is 0 Å². The second kappa shape index (κ2) is 7.53. The summed E-state index contributed by atoms with van der Waals surface area (Å²) in [7, 11) is 1.60. The number of methoxy groups -OCH3 is 1. The first-order valence-corrected chi connectivity index (χ1v) is 7.85. The van der Waals surface area contributed by atoms with Gasteiger partial charge in [-0.1, -0.05) is 18.2 Å². The fourth-order valence-electron chi connectivity index (χ4n) is 2.25. The van der Waals surface area contributed by atoms with E-state index in [-0.39, 0.29) is 18.2 Å². The van der Waals surface area contributed by atoms with Gasteiger partial charge in [-0.2, -0.15) is 4.98 Å². The third-order valence-corrected chi connectivity index (χ3v) is 3.46. The number of nitrogens with one attached hydrogen (secondary N) is 1. The minimum Gasteiger partial charge on any atom is -0.497 e. The molecule has 1 heterocycles. The summed E-state index contributed by atoms with van der Waals surface area (Å²) in [6.07, 6.45) is 0. The van der Waals surface area contributed by atoms with E-state index in [2.05, 4.69) is 10.3 Å². The number of carbonyl (C=O) groups excluding carboxylic acids is 1. The zero-order valence-electron chi connectivity index (χ0n) is 14.0. The number of nitrogens with zero attached hydrogens (tertiary/aromatic N) is 1. The van der Waals surface area contributed by atoms with Crippen molar-refractivity contribution in [2.24, 2.45) is 0 Å². The topological polar surface area (TPSA) is 73.6 Å². The van der Waals surface area contributed by atoms with Crippen molar-refractivity contribution in [3.05, 3.63) is 60.3 Å². The van der Waals surface area contributed by atoms with Gasteiger partial charge in [0.1, 0.15) is 5.75 Å². The number of anilines is 2. The molecule has 0 saturated heterocycles. The zero-order valence-corrected chi connectivity index (χ0v) is 14.0. The van der Waals surface area contributed by atoms with Gasteiger partial charge in [-0.05, 0) is 43.3 Å². The number of hydrogen-bond acceptors (Lipinski definition) is 6. The number of carbonyl (C=O) groups is 1. The highest BCUT2D eigenvalue weighted by Crippen LogP contribution is 2.29. The van der Waals surface area contributed by atoms with Gasteiger partial charge >= 0.3 is 5.97 Å². The number of aromatic nitrogens is 1. The molecule has 6 heteroatoms. The highest BCUT2D eigenvalue weighted by atomic mass is 16.5. The van der Waals surface area contributed by atoms with Crippen LogP contribution in [-0.2, 0) is 4.74 Å². The van der Waals surface area contributed by atoms with E-state index in [1.807, 2.05) is 42.5 Å². The Labute approximate surface area is 145 Å². The molecule has 1 aromatic heterocycles. The average molecular weight is 338 g/mol. The van der Waals surface area contributed by atoms with Crippen molar-refractivity contribution in [2.75, 3.05) is 19.0 Å². The van der Waals surface area contributed by atoms with Crippen molar-refractivity contribution in [1.82, 2.24) is 4.98 Å². The Morgan fingerprint density at radius 1 is 1.12 bits per heavy atom. The van der Waals surface area contributed by atoms with Crippen LogP contribution in [0.3, 0.4) is 0 Å². The van der Waals surface area contributed by atoms with E-state index in [4.69, 9.17) is 13.9 Å². The van der Waals surface area contributed by atoms with Gasteiger partial charge in [-0.25, -0.2) is 4.79 Å². The summed E-state index contributed by atoms with van der Waals surface area (Å²) in [5.41, 5.74) is 1.62. The highest BCUT2D eigenvalue weighted by Gasteiger charge is 2.22. The number of benzene rings is 2. The van der Waals surface area contributed by atoms with Crippen LogP contribution < -0.4 is 10.1 Å². The predicted molar refractivity (Wildman–Crippen MR) is 94.2 cm³/mol. The third kappa shape index (κ3) is 3.80. The van der Waals surface area contributed by atoms with Gasteiger partial charge in [-0.3, -0.25) is 0 Å². The first-order valence-electron chi connectivity index (χ1n) is 7.85. The van der Waals surface area contributed by atoms with Crippen LogP contribution >= 0.6 is 0 Å². The van der Waals surface area contributed by atoms with E-state index < -0.39 is 5.97 Å². The van der Waals surface area contributed by atoms with Crippen LogP contribution in [-0.4, -0.2) is 24.7 Å². The Kier molecular flexibility index (Phi) is 4.99. The summed E-state index contributed by atoms with van der Waals surface area (Å²) in [4.78, 5) is 16.5. The van der Waals surface area contributed by atoms with Gasteiger partial charge in [0.15, 0.2) is 0 Å². The van der Waals surface area contributed by atoms with E-state index in [9.17, 15) is 4.79 Å². The second-order valence-electron chi connectivity index (χ2n) is 5.14. The highest BCUT2D eigenvalue weighted by molar-refractivity contribution is 5.93. The first kappa shape index (κ1) is 16.6. The van der Waals surface area contributed by atoms with Crippen LogP contribution in [0.4, 0.5) is 11.6 Å². The fraction of sp³-hybridized carbons (Fsp3) is 0.158. The lowest BCUT2D eigenvalue weighted by atomic mass is 10.2. The van der Waals surface area contributed by atoms with Gasteiger partial charge in [0.2, 0.25) is 17.5 Å². The van der Waals surface area contributed by atoms with Crippen molar-refractivity contribution in [1.29, 1.82) is 0 Å². The molecule has 0 fully saturated rings. The SMILES string of the molecule is CCOC(=O)c1nc(-c2ccccc2)oc1Nc1ccc(OC)cc1. The lowest BCUT2D eigenvalue weighted by molar-refractivity contribution is 0.0521. The van der Waals surface area contributed by atoms with Gasteiger partial charge in [0.05, 0.1) is 13.7 Å². The van der Waals surface area contributed by atoms with Crippen LogP contribution in [0.15, 0.2) is 59.0 Å². The molecular formula is C19H18N2O4.